The molecule has 0 rings (SSSR count). The van der Waals surface area contributed by atoms with Crippen LogP contribution >= 0.6 is 0 Å². The van der Waals surface area contributed by atoms with Crippen molar-refractivity contribution in [1.29, 1.82) is 0 Å². The number of rotatable bonds is 59. The first kappa shape index (κ1) is 68.3. The fourth-order valence-corrected chi connectivity index (χ4v) is 9.87. The monoisotopic (exact) mass is 986 g/mol. The Balaban J connectivity index is 3.39. The number of hydrogen-bond acceptors (Lipinski definition) is 5. The highest BCUT2D eigenvalue weighted by molar-refractivity contribution is 5.76. The van der Waals surface area contributed by atoms with Crippen LogP contribution < -0.4 is 5.32 Å². The molecule has 6 heteroatoms. The number of unbranched alkanes of at least 4 members (excludes halogenated alkanes) is 46. The van der Waals surface area contributed by atoms with Crippen molar-refractivity contribution in [2.75, 3.05) is 13.2 Å². The van der Waals surface area contributed by atoms with E-state index in [2.05, 4.69) is 31.3 Å². The predicted octanol–water partition coefficient (Wildman–Crippen LogP) is 19.8. The molecule has 1 amide bonds. The Morgan fingerprint density at radius 1 is 0.386 bits per heavy atom. The first-order chi connectivity index (χ1) is 34.5. The minimum absolute atomic E-state index is 0.00848. The van der Waals surface area contributed by atoms with Crippen molar-refractivity contribution in [2.24, 2.45) is 0 Å². The van der Waals surface area contributed by atoms with Crippen molar-refractivity contribution in [2.45, 2.75) is 360 Å². The minimum atomic E-state index is -0.845. The van der Waals surface area contributed by atoms with E-state index < -0.39 is 12.1 Å². The van der Waals surface area contributed by atoms with E-state index >= 15 is 0 Å². The van der Waals surface area contributed by atoms with Crippen molar-refractivity contribution < 1.29 is 24.5 Å². The molecule has 0 saturated heterocycles. The lowest BCUT2D eigenvalue weighted by Crippen LogP contribution is -2.45. The van der Waals surface area contributed by atoms with E-state index in [0.717, 1.165) is 44.9 Å². The summed E-state index contributed by atoms with van der Waals surface area (Å²) in [5, 5.41) is 23.1. The van der Waals surface area contributed by atoms with Crippen LogP contribution in [0, 0.1) is 0 Å². The Hall–Kier alpha value is -1.66. The van der Waals surface area contributed by atoms with Crippen LogP contribution in [0.5, 0.6) is 0 Å². The second-order valence-electron chi connectivity index (χ2n) is 21.7. The van der Waals surface area contributed by atoms with Gasteiger partial charge in [-0.1, -0.05) is 301 Å². The Labute approximate surface area is 437 Å². The summed E-state index contributed by atoms with van der Waals surface area (Å²) in [4.78, 5) is 24.5. The highest BCUT2D eigenvalue weighted by Crippen LogP contribution is 2.18. The molecule has 0 aliphatic carbocycles. The molecule has 2 unspecified atom stereocenters. The minimum Gasteiger partial charge on any atom is -0.466 e. The number of aliphatic hydroxyl groups excluding tert-OH is 2. The molecule has 6 nitrogen and oxygen atoms in total. The third-order valence-corrected chi connectivity index (χ3v) is 14.7. The van der Waals surface area contributed by atoms with Gasteiger partial charge in [0.2, 0.25) is 5.91 Å². The number of allylic oxidation sites excluding steroid dienone is 3. The number of esters is 1. The molecule has 70 heavy (non-hydrogen) atoms. The van der Waals surface area contributed by atoms with Gasteiger partial charge in [0, 0.05) is 12.8 Å². The Kier molecular flexibility index (Phi) is 58.5. The van der Waals surface area contributed by atoms with Crippen molar-refractivity contribution in [3.05, 3.63) is 24.3 Å². The van der Waals surface area contributed by atoms with Crippen LogP contribution in [-0.2, 0) is 14.3 Å². The lowest BCUT2D eigenvalue weighted by molar-refractivity contribution is -0.143. The summed E-state index contributed by atoms with van der Waals surface area (Å²) in [5.41, 5.74) is 0. The van der Waals surface area contributed by atoms with E-state index in [1.54, 1.807) is 6.08 Å². The summed E-state index contributed by atoms with van der Waals surface area (Å²) < 4.78 is 5.49. The molecule has 0 heterocycles. The van der Waals surface area contributed by atoms with Gasteiger partial charge < -0.3 is 20.3 Å². The molecule has 0 saturated carbocycles. The van der Waals surface area contributed by atoms with Gasteiger partial charge in [-0.2, -0.15) is 0 Å². The van der Waals surface area contributed by atoms with Crippen molar-refractivity contribution in [3.63, 3.8) is 0 Å². The molecule has 2 atom stereocenters. The molecular weight excluding hydrogens is 863 g/mol. The van der Waals surface area contributed by atoms with E-state index in [1.807, 2.05) is 6.08 Å². The van der Waals surface area contributed by atoms with Crippen molar-refractivity contribution in [3.8, 4) is 0 Å². The third-order valence-electron chi connectivity index (χ3n) is 14.7. The van der Waals surface area contributed by atoms with Gasteiger partial charge in [0.05, 0.1) is 25.4 Å². The van der Waals surface area contributed by atoms with Crippen molar-refractivity contribution >= 4 is 11.9 Å². The van der Waals surface area contributed by atoms with Crippen LogP contribution in [0.25, 0.3) is 0 Å². The largest absolute Gasteiger partial charge is 0.466 e. The van der Waals surface area contributed by atoms with Gasteiger partial charge in [-0.15, -0.1) is 0 Å². The fraction of sp³-hybridized carbons (Fsp3) is 0.906. The first-order valence-corrected chi connectivity index (χ1v) is 31.6. The van der Waals surface area contributed by atoms with Gasteiger partial charge in [0.15, 0.2) is 0 Å². The average Bonchev–Trinajstić information content (AvgIpc) is 3.36. The molecule has 3 N–H and O–H groups in total. The maximum atomic E-state index is 12.5. The smallest absolute Gasteiger partial charge is 0.305 e. The van der Waals surface area contributed by atoms with Gasteiger partial charge in [-0.25, -0.2) is 0 Å². The molecule has 414 valence electrons. The van der Waals surface area contributed by atoms with Gasteiger partial charge in [0.25, 0.3) is 0 Å². The van der Waals surface area contributed by atoms with Gasteiger partial charge in [-0.05, 0) is 57.8 Å². The topological polar surface area (TPSA) is 95.9 Å². The highest BCUT2D eigenvalue weighted by Gasteiger charge is 2.18. The zero-order chi connectivity index (χ0) is 50.7. The van der Waals surface area contributed by atoms with Crippen LogP contribution in [-0.4, -0.2) is 47.4 Å². The third kappa shape index (κ3) is 55.7. The summed E-state index contributed by atoms with van der Waals surface area (Å²) in [5.74, 6) is -0.0587. The lowest BCUT2D eigenvalue weighted by Gasteiger charge is -2.20. The standard InChI is InChI=1S/C64H123NO5/c1-3-5-7-9-11-13-15-17-19-25-30-34-38-42-46-50-54-58-64(69)70-59-55-51-47-43-39-35-31-27-24-22-20-21-23-26-29-33-37-41-45-49-53-57-63(68)65-61(60-66)62(67)56-52-48-44-40-36-32-28-18-16-14-12-10-8-6-4-2/h17,19,52,56,61-62,66-67H,3-16,18,20-51,53-55,57-60H2,1-2H3,(H,65,68)/b19-17-,56-52+. The van der Waals surface area contributed by atoms with Crippen LogP contribution in [0.1, 0.15) is 348 Å². The average molecular weight is 987 g/mol. The Bertz CT molecular complexity index is 1090. The number of aliphatic hydroxyl groups is 2. The highest BCUT2D eigenvalue weighted by atomic mass is 16.5. The zero-order valence-corrected chi connectivity index (χ0v) is 47.3. The molecular formula is C64H123NO5. The quantitative estimate of drug-likeness (QED) is 0.0321. The second kappa shape index (κ2) is 59.9. The zero-order valence-electron chi connectivity index (χ0n) is 47.3. The number of hydrogen-bond donors (Lipinski definition) is 3. The van der Waals surface area contributed by atoms with Crippen molar-refractivity contribution in [1.82, 2.24) is 5.32 Å². The van der Waals surface area contributed by atoms with Crippen LogP contribution in [0.15, 0.2) is 24.3 Å². The molecule has 0 radical (unpaired) electrons. The number of ether oxygens (including phenoxy) is 1. The summed E-state index contributed by atoms with van der Waals surface area (Å²) in [6, 6.07) is -0.628. The molecule has 0 fully saturated rings. The maximum Gasteiger partial charge on any atom is 0.305 e. The van der Waals surface area contributed by atoms with E-state index in [-0.39, 0.29) is 18.5 Å². The molecule has 0 aliphatic rings. The molecule has 0 spiro atoms. The van der Waals surface area contributed by atoms with E-state index in [9.17, 15) is 19.8 Å². The Morgan fingerprint density at radius 2 is 0.671 bits per heavy atom. The number of nitrogens with one attached hydrogen (secondary N) is 1. The van der Waals surface area contributed by atoms with Gasteiger partial charge in [0.1, 0.15) is 0 Å². The first-order valence-electron chi connectivity index (χ1n) is 31.6. The van der Waals surface area contributed by atoms with Crippen LogP contribution in [0.2, 0.25) is 0 Å². The number of carbonyl (C=O) groups is 2. The summed E-state index contributed by atoms with van der Waals surface area (Å²) >= 11 is 0. The normalized spacial score (nSPS) is 12.7. The van der Waals surface area contributed by atoms with E-state index in [0.29, 0.717) is 19.4 Å². The van der Waals surface area contributed by atoms with Crippen LogP contribution in [0.3, 0.4) is 0 Å². The molecule has 0 aromatic carbocycles. The maximum absolute atomic E-state index is 12.5. The van der Waals surface area contributed by atoms with E-state index in [4.69, 9.17) is 4.74 Å². The SMILES string of the molecule is CCCCCCCC/C=C\CCCCCCCCCC(=O)OCCCCCCCCCCCCCCCCCCCCCCCC(=O)NC(CO)C(O)/C=C/CCCCCCCCCCCCCCC. The summed E-state index contributed by atoms with van der Waals surface area (Å²) in [6.07, 6.45) is 73.6. The fourth-order valence-electron chi connectivity index (χ4n) is 9.87. The summed E-state index contributed by atoms with van der Waals surface area (Å²) in [6.45, 7) is 4.92. The predicted molar refractivity (Wildman–Crippen MR) is 306 cm³/mol. The molecule has 0 aliphatic heterocycles. The Morgan fingerprint density at radius 3 is 1.01 bits per heavy atom. The molecule has 0 aromatic heterocycles. The molecule has 0 bridgehead atoms. The van der Waals surface area contributed by atoms with Gasteiger partial charge in [-0.3, -0.25) is 9.59 Å². The number of carbonyl (C=O) groups excluding carboxylic acids is 2. The lowest BCUT2D eigenvalue weighted by atomic mass is 10.0. The summed E-state index contributed by atoms with van der Waals surface area (Å²) in [7, 11) is 0. The second-order valence-corrected chi connectivity index (χ2v) is 21.7. The van der Waals surface area contributed by atoms with Crippen LogP contribution in [0.4, 0.5) is 0 Å². The number of amides is 1. The van der Waals surface area contributed by atoms with Gasteiger partial charge >= 0.3 is 5.97 Å². The molecule has 0 aromatic rings. The van der Waals surface area contributed by atoms with E-state index in [1.165, 1.54) is 276 Å².